The van der Waals surface area contributed by atoms with Gasteiger partial charge in [0, 0.05) is 24.3 Å². The van der Waals surface area contributed by atoms with Crippen molar-refractivity contribution in [3.63, 3.8) is 0 Å². The van der Waals surface area contributed by atoms with Gasteiger partial charge in [-0.2, -0.15) is 0 Å². The van der Waals surface area contributed by atoms with E-state index in [1.54, 1.807) is 6.07 Å². The molecule has 1 aromatic carbocycles. The molecule has 1 fully saturated rings. The first kappa shape index (κ1) is 12.1. The summed E-state index contributed by atoms with van der Waals surface area (Å²) in [5.41, 5.74) is 1.34. The van der Waals surface area contributed by atoms with Gasteiger partial charge in [-0.05, 0) is 38.0 Å². The molecule has 1 aromatic rings. The summed E-state index contributed by atoms with van der Waals surface area (Å²) >= 11 is 0. The normalized spacial score (nSPS) is 16.2. The highest BCUT2D eigenvalue weighted by Crippen LogP contribution is 2.29. The molecule has 0 N–H and O–H groups in total. The summed E-state index contributed by atoms with van der Waals surface area (Å²) in [6.07, 6.45) is 4.80. The summed E-state index contributed by atoms with van der Waals surface area (Å²) in [7, 11) is 2.00. The monoisotopic (exact) mass is 235 g/mol. The maximum Gasteiger partial charge on any atom is 0.161 e. The molecule has 0 bridgehead atoms. The van der Waals surface area contributed by atoms with Crippen molar-refractivity contribution in [1.29, 1.82) is 0 Å². The molecule has 3 heteroatoms. The first-order valence-corrected chi connectivity index (χ1v) is 6.13. The maximum atomic E-state index is 13.2. The lowest BCUT2D eigenvalue weighted by molar-refractivity contribution is 0.101. The lowest BCUT2D eigenvalue weighted by Crippen LogP contribution is -2.30. The maximum absolute atomic E-state index is 13.2. The van der Waals surface area contributed by atoms with E-state index in [4.69, 9.17) is 0 Å². The van der Waals surface area contributed by atoms with Crippen molar-refractivity contribution in [1.82, 2.24) is 0 Å². The van der Waals surface area contributed by atoms with E-state index in [1.807, 2.05) is 7.05 Å². The van der Waals surface area contributed by atoms with Gasteiger partial charge in [-0.15, -0.1) is 0 Å². The van der Waals surface area contributed by atoms with E-state index in [0.29, 0.717) is 11.6 Å². The Balaban J connectivity index is 2.33. The number of hydrogen-bond acceptors (Lipinski definition) is 2. The fourth-order valence-electron chi connectivity index (χ4n) is 2.59. The molecule has 2 nitrogen and oxygen atoms in total. The number of carbonyl (C=O) groups is 1. The molecule has 92 valence electrons. The Labute approximate surface area is 101 Å². The molecule has 17 heavy (non-hydrogen) atoms. The Kier molecular flexibility index (Phi) is 3.46. The Morgan fingerprint density at radius 1 is 1.35 bits per heavy atom. The third-order valence-corrected chi connectivity index (χ3v) is 3.59. The molecule has 1 aliphatic rings. The SMILES string of the molecule is CC(=O)c1cc(F)ccc1N(C)C1CCCC1. The summed E-state index contributed by atoms with van der Waals surface area (Å²) in [6, 6.07) is 4.96. The summed E-state index contributed by atoms with van der Waals surface area (Å²) in [5.74, 6) is -0.428. The minimum Gasteiger partial charge on any atom is -0.371 e. The van der Waals surface area contributed by atoms with E-state index < -0.39 is 0 Å². The number of ketones is 1. The highest BCUT2D eigenvalue weighted by molar-refractivity contribution is 5.99. The topological polar surface area (TPSA) is 20.3 Å². The van der Waals surface area contributed by atoms with Crippen LogP contribution in [-0.2, 0) is 0 Å². The van der Waals surface area contributed by atoms with Crippen LogP contribution in [0.3, 0.4) is 0 Å². The smallest absolute Gasteiger partial charge is 0.161 e. The van der Waals surface area contributed by atoms with E-state index in [1.165, 1.54) is 31.9 Å². The molecule has 0 aliphatic heterocycles. The predicted molar refractivity (Wildman–Crippen MR) is 67.1 cm³/mol. The minimum atomic E-state index is -0.348. The van der Waals surface area contributed by atoms with Gasteiger partial charge in [0.15, 0.2) is 5.78 Å². The van der Waals surface area contributed by atoms with Gasteiger partial charge in [-0.3, -0.25) is 4.79 Å². The second-order valence-corrected chi connectivity index (χ2v) is 4.77. The van der Waals surface area contributed by atoms with Crippen LogP contribution in [0, 0.1) is 5.82 Å². The van der Waals surface area contributed by atoms with Crippen LogP contribution in [-0.4, -0.2) is 18.9 Å². The quantitative estimate of drug-likeness (QED) is 0.748. The largest absolute Gasteiger partial charge is 0.371 e. The van der Waals surface area contributed by atoms with E-state index in [-0.39, 0.29) is 11.6 Å². The van der Waals surface area contributed by atoms with Gasteiger partial charge in [-0.25, -0.2) is 4.39 Å². The van der Waals surface area contributed by atoms with Crippen molar-refractivity contribution in [2.75, 3.05) is 11.9 Å². The number of nitrogens with zero attached hydrogens (tertiary/aromatic N) is 1. The van der Waals surface area contributed by atoms with Crippen LogP contribution in [0.25, 0.3) is 0 Å². The van der Waals surface area contributed by atoms with Gasteiger partial charge in [0.1, 0.15) is 5.82 Å². The summed E-state index contributed by atoms with van der Waals surface area (Å²) in [5, 5.41) is 0. The highest BCUT2D eigenvalue weighted by Gasteiger charge is 2.22. The van der Waals surface area contributed by atoms with Gasteiger partial charge in [0.25, 0.3) is 0 Å². The van der Waals surface area contributed by atoms with Crippen LogP contribution in [0.15, 0.2) is 18.2 Å². The van der Waals surface area contributed by atoms with Crippen LogP contribution >= 0.6 is 0 Å². The summed E-state index contributed by atoms with van der Waals surface area (Å²) < 4.78 is 13.2. The van der Waals surface area contributed by atoms with Crippen LogP contribution in [0.4, 0.5) is 10.1 Å². The Morgan fingerprint density at radius 2 is 2.00 bits per heavy atom. The van der Waals surface area contributed by atoms with Gasteiger partial charge in [-0.1, -0.05) is 12.8 Å². The number of anilines is 1. The molecular formula is C14H18FNO. The van der Waals surface area contributed by atoms with E-state index in [9.17, 15) is 9.18 Å². The number of rotatable bonds is 3. The second kappa shape index (κ2) is 4.86. The Morgan fingerprint density at radius 3 is 2.59 bits per heavy atom. The number of halogens is 1. The number of Topliss-reactive ketones (excluding diaryl/α,β-unsaturated/α-hetero) is 1. The molecule has 0 aromatic heterocycles. The van der Waals surface area contributed by atoms with E-state index in [0.717, 1.165) is 18.5 Å². The van der Waals surface area contributed by atoms with Crippen molar-refractivity contribution in [3.8, 4) is 0 Å². The van der Waals surface area contributed by atoms with E-state index in [2.05, 4.69) is 4.90 Å². The lowest BCUT2D eigenvalue weighted by atomic mass is 10.1. The van der Waals surface area contributed by atoms with Gasteiger partial charge < -0.3 is 4.90 Å². The molecule has 0 heterocycles. The molecule has 0 saturated heterocycles. The zero-order chi connectivity index (χ0) is 12.4. The number of benzene rings is 1. The molecule has 2 rings (SSSR count). The summed E-state index contributed by atoms with van der Waals surface area (Å²) in [6.45, 7) is 1.49. The average molecular weight is 235 g/mol. The first-order chi connectivity index (χ1) is 8.09. The zero-order valence-electron chi connectivity index (χ0n) is 10.4. The average Bonchev–Trinajstić information content (AvgIpc) is 2.81. The van der Waals surface area contributed by atoms with Gasteiger partial charge >= 0.3 is 0 Å². The summed E-state index contributed by atoms with van der Waals surface area (Å²) in [4.78, 5) is 13.7. The van der Waals surface area contributed by atoms with Gasteiger partial charge in [0.05, 0.1) is 0 Å². The van der Waals surface area contributed by atoms with Crippen molar-refractivity contribution in [3.05, 3.63) is 29.6 Å². The molecule has 1 aliphatic carbocycles. The first-order valence-electron chi connectivity index (χ1n) is 6.13. The van der Waals surface area contributed by atoms with Crippen LogP contribution < -0.4 is 4.90 Å². The Bertz CT molecular complexity index is 424. The van der Waals surface area contributed by atoms with Gasteiger partial charge in [0.2, 0.25) is 0 Å². The minimum absolute atomic E-state index is 0.0793. The molecule has 0 radical (unpaired) electrons. The predicted octanol–water partition coefficient (Wildman–Crippen LogP) is 3.41. The third-order valence-electron chi connectivity index (χ3n) is 3.59. The number of hydrogen-bond donors (Lipinski definition) is 0. The lowest BCUT2D eigenvalue weighted by Gasteiger charge is -2.28. The molecule has 0 amide bonds. The van der Waals surface area contributed by atoms with Crippen LogP contribution in [0.2, 0.25) is 0 Å². The van der Waals surface area contributed by atoms with Crippen molar-refractivity contribution in [2.24, 2.45) is 0 Å². The third kappa shape index (κ3) is 2.48. The second-order valence-electron chi connectivity index (χ2n) is 4.77. The van der Waals surface area contributed by atoms with Crippen LogP contribution in [0.1, 0.15) is 43.0 Å². The van der Waals surface area contributed by atoms with Crippen molar-refractivity contribution >= 4 is 11.5 Å². The molecule has 0 atom stereocenters. The van der Waals surface area contributed by atoms with E-state index >= 15 is 0 Å². The van der Waals surface area contributed by atoms with Crippen molar-refractivity contribution in [2.45, 2.75) is 38.6 Å². The van der Waals surface area contributed by atoms with Crippen molar-refractivity contribution < 1.29 is 9.18 Å². The molecule has 1 saturated carbocycles. The molecular weight excluding hydrogens is 217 g/mol. The standard InChI is InChI=1S/C14H18FNO/c1-10(17)13-9-11(15)7-8-14(13)16(2)12-5-3-4-6-12/h7-9,12H,3-6H2,1-2H3. The zero-order valence-corrected chi connectivity index (χ0v) is 10.4. The highest BCUT2D eigenvalue weighted by atomic mass is 19.1. The Hall–Kier alpha value is -1.38. The molecule has 0 unspecified atom stereocenters. The molecule has 0 spiro atoms. The number of carbonyl (C=O) groups excluding carboxylic acids is 1. The van der Waals surface area contributed by atoms with Crippen LogP contribution in [0.5, 0.6) is 0 Å². The fraction of sp³-hybridized carbons (Fsp3) is 0.500. The fourth-order valence-corrected chi connectivity index (χ4v) is 2.59.